The SMILES string of the molecule is CCC(Nc1cc(C)c(Br)c(C)c1)C1CC1. The fourth-order valence-electron chi connectivity index (χ4n) is 2.30. The summed E-state index contributed by atoms with van der Waals surface area (Å²) >= 11 is 3.61. The van der Waals surface area contributed by atoms with Gasteiger partial charge in [-0.1, -0.05) is 22.9 Å². The van der Waals surface area contributed by atoms with Gasteiger partial charge >= 0.3 is 0 Å². The van der Waals surface area contributed by atoms with Crippen LogP contribution in [0.4, 0.5) is 5.69 Å². The minimum atomic E-state index is 0.667. The van der Waals surface area contributed by atoms with Crippen LogP contribution in [0, 0.1) is 19.8 Å². The lowest BCUT2D eigenvalue weighted by atomic mass is 10.1. The molecule has 0 radical (unpaired) electrons. The van der Waals surface area contributed by atoms with Gasteiger partial charge < -0.3 is 5.32 Å². The van der Waals surface area contributed by atoms with Crippen LogP contribution in [-0.2, 0) is 0 Å². The Hall–Kier alpha value is -0.500. The van der Waals surface area contributed by atoms with E-state index in [9.17, 15) is 0 Å². The molecule has 1 nitrogen and oxygen atoms in total. The first-order valence-electron chi connectivity index (χ1n) is 6.15. The standard InChI is InChI=1S/C14H20BrN/c1-4-13(11-5-6-11)16-12-7-9(2)14(15)10(3)8-12/h7-8,11,13,16H,4-6H2,1-3H3. The van der Waals surface area contributed by atoms with Crippen molar-refractivity contribution in [3.63, 3.8) is 0 Å². The second-order valence-corrected chi connectivity index (χ2v) is 5.71. The molecule has 0 spiro atoms. The average Bonchev–Trinajstić information content (AvgIpc) is 3.06. The first-order chi connectivity index (χ1) is 7.61. The van der Waals surface area contributed by atoms with E-state index >= 15 is 0 Å². The Balaban J connectivity index is 2.14. The van der Waals surface area contributed by atoms with Gasteiger partial charge in [-0.2, -0.15) is 0 Å². The molecule has 0 aromatic heterocycles. The largest absolute Gasteiger partial charge is 0.382 e. The lowest BCUT2D eigenvalue weighted by Crippen LogP contribution is -2.20. The predicted octanol–water partition coefficient (Wildman–Crippen LogP) is 4.67. The van der Waals surface area contributed by atoms with Crippen LogP contribution in [0.25, 0.3) is 0 Å². The Labute approximate surface area is 107 Å². The van der Waals surface area contributed by atoms with E-state index in [0.29, 0.717) is 6.04 Å². The number of aryl methyl sites for hydroxylation is 2. The molecule has 1 atom stereocenters. The highest BCUT2D eigenvalue weighted by molar-refractivity contribution is 9.10. The zero-order chi connectivity index (χ0) is 11.7. The number of rotatable bonds is 4. The third-order valence-electron chi connectivity index (χ3n) is 3.42. The third-order valence-corrected chi connectivity index (χ3v) is 4.67. The summed E-state index contributed by atoms with van der Waals surface area (Å²) in [4.78, 5) is 0. The van der Waals surface area contributed by atoms with Gasteiger partial charge in [-0.05, 0) is 62.3 Å². The first kappa shape index (κ1) is 12.0. The van der Waals surface area contributed by atoms with Crippen LogP contribution in [-0.4, -0.2) is 6.04 Å². The second kappa shape index (κ2) is 4.79. The van der Waals surface area contributed by atoms with E-state index < -0.39 is 0 Å². The number of benzene rings is 1. The van der Waals surface area contributed by atoms with Crippen molar-refractivity contribution in [2.75, 3.05) is 5.32 Å². The van der Waals surface area contributed by atoms with Crippen molar-refractivity contribution >= 4 is 21.6 Å². The molecule has 1 aliphatic carbocycles. The summed E-state index contributed by atoms with van der Waals surface area (Å²) < 4.78 is 1.23. The van der Waals surface area contributed by atoms with Gasteiger partial charge in [0.05, 0.1) is 0 Å². The first-order valence-corrected chi connectivity index (χ1v) is 6.94. The normalized spacial score (nSPS) is 17.2. The average molecular weight is 282 g/mol. The van der Waals surface area contributed by atoms with Crippen molar-refractivity contribution in [2.24, 2.45) is 5.92 Å². The lowest BCUT2D eigenvalue weighted by Gasteiger charge is -2.19. The molecule has 0 bridgehead atoms. The zero-order valence-electron chi connectivity index (χ0n) is 10.3. The van der Waals surface area contributed by atoms with Crippen LogP contribution in [0.5, 0.6) is 0 Å². The Kier molecular flexibility index (Phi) is 3.58. The lowest BCUT2D eigenvalue weighted by molar-refractivity contribution is 0.616. The molecule has 1 N–H and O–H groups in total. The summed E-state index contributed by atoms with van der Waals surface area (Å²) in [5, 5.41) is 3.68. The predicted molar refractivity (Wildman–Crippen MR) is 74.0 cm³/mol. The minimum Gasteiger partial charge on any atom is -0.382 e. The fraction of sp³-hybridized carbons (Fsp3) is 0.571. The number of anilines is 1. The monoisotopic (exact) mass is 281 g/mol. The highest BCUT2D eigenvalue weighted by Gasteiger charge is 2.29. The van der Waals surface area contributed by atoms with Crippen molar-refractivity contribution < 1.29 is 0 Å². The summed E-state index contributed by atoms with van der Waals surface area (Å²) in [5.74, 6) is 0.911. The molecule has 0 saturated heterocycles. The quantitative estimate of drug-likeness (QED) is 0.846. The van der Waals surface area contributed by atoms with E-state index in [2.05, 4.69) is 54.2 Å². The van der Waals surface area contributed by atoms with E-state index in [0.717, 1.165) is 5.92 Å². The summed E-state index contributed by atoms with van der Waals surface area (Å²) in [5.41, 5.74) is 3.90. The van der Waals surface area contributed by atoms with E-state index in [-0.39, 0.29) is 0 Å². The van der Waals surface area contributed by atoms with Gasteiger partial charge in [-0.3, -0.25) is 0 Å². The van der Waals surface area contributed by atoms with E-state index in [1.54, 1.807) is 0 Å². The molecule has 0 aliphatic heterocycles. The molecule has 16 heavy (non-hydrogen) atoms. The molecule has 1 aromatic carbocycles. The number of nitrogens with one attached hydrogen (secondary N) is 1. The number of hydrogen-bond acceptors (Lipinski definition) is 1. The molecular weight excluding hydrogens is 262 g/mol. The molecule has 1 aliphatic rings. The maximum Gasteiger partial charge on any atom is 0.0348 e. The Morgan fingerprint density at radius 2 is 1.88 bits per heavy atom. The van der Waals surface area contributed by atoms with E-state index in [1.807, 2.05) is 0 Å². The van der Waals surface area contributed by atoms with Crippen LogP contribution < -0.4 is 5.32 Å². The van der Waals surface area contributed by atoms with Gasteiger partial charge in [0.2, 0.25) is 0 Å². The summed E-state index contributed by atoms with van der Waals surface area (Å²) in [6, 6.07) is 5.14. The van der Waals surface area contributed by atoms with Crippen molar-refractivity contribution in [3.05, 3.63) is 27.7 Å². The van der Waals surface area contributed by atoms with E-state index in [4.69, 9.17) is 0 Å². The van der Waals surface area contributed by atoms with Crippen LogP contribution in [0.2, 0.25) is 0 Å². The van der Waals surface area contributed by atoms with Gasteiger partial charge in [0, 0.05) is 16.2 Å². The number of hydrogen-bond donors (Lipinski definition) is 1. The molecule has 1 saturated carbocycles. The van der Waals surface area contributed by atoms with Crippen LogP contribution in [0.3, 0.4) is 0 Å². The molecule has 1 unspecified atom stereocenters. The topological polar surface area (TPSA) is 12.0 Å². The molecule has 88 valence electrons. The van der Waals surface area contributed by atoms with Crippen molar-refractivity contribution in [3.8, 4) is 0 Å². The minimum absolute atomic E-state index is 0.667. The van der Waals surface area contributed by atoms with Crippen molar-refractivity contribution in [1.29, 1.82) is 0 Å². The van der Waals surface area contributed by atoms with Crippen molar-refractivity contribution in [1.82, 2.24) is 0 Å². The molecule has 1 fully saturated rings. The Morgan fingerprint density at radius 1 is 1.31 bits per heavy atom. The van der Waals surface area contributed by atoms with Gasteiger partial charge in [0.1, 0.15) is 0 Å². The molecule has 2 rings (SSSR count). The maximum atomic E-state index is 3.68. The number of halogens is 1. The third kappa shape index (κ3) is 2.60. The van der Waals surface area contributed by atoms with Crippen LogP contribution in [0.1, 0.15) is 37.3 Å². The highest BCUT2D eigenvalue weighted by atomic mass is 79.9. The summed E-state index contributed by atoms with van der Waals surface area (Å²) in [7, 11) is 0. The van der Waals surface area contributed by atoms with Crippen LogP contribution >= 0.6 is 15.9 Å². The molecular formula is C14H20BrN. The maximum absolute atomic E-state index is 3.68. The van der Waals surface area contributed by atoms with Gasteiger partial charge in [-0.25, -0.2) is 0 Å². The fourth-order valence-corrected chi connectivity index (χ4v) is 2.52. The van der Waals surface area contributed by atoms with Gasteiger partial charge in [-0.15, -0.1) is 0 Å². The summed E-state index contributed by atoms with van der Waals surface area (Å²) in [6.07, 6.45) is 4.03. The smallest absolute Gasteiger partial charge is 0.0348 e. The Morgan fingerprint density at radius 3 is 2.31 bits per heavy atom. The highest BCUT2D eigenvalue weighted by Crippen LogP contribution is 2.36. The molecule has 0 heterocycles. The van der Waals surface area contributed by atoms with Crippen LogP contribution in [0.15, 0.2) is 16.6 Å². The van der Waals surface area contributed by atoms with E-state index in [1.165, 1.54) is 40.5 Å². The van der Waals surface area contributed by atoms with Gasteiger partial charge in [0.25, 0.3) is 0 Å². The van der Waals surface area contributed by atoms with Gasteiger partial charge in [0.15, 0.2) is 0 Å². The van der Waals surface area contributed by atoms with Crippen molar-refractivity contribution in [2.45, 2.75) is 46.1 Å². The molecule has 0 amide bonds. The molecule has 2 heteroatoms. The second-order valence-electron chi connectivity index (χ2n) is 4.92. The zero-order valence-corrected chi connectivity index (χ0v) is 11.9. The molecule has 1 aromatic rings. The summed E-state index contributed by atoms with van der Waals surface area (Å²) in [6.45, 7) is 6.58. The Bertz CT molecular complexity index is 359.